The van der Waals surface area contributed by atoms with Crippen LogP contribution < -0.4 is 11.3 Å². The summed E-state index contributed by atoms with van der Waals surface area (Å²) in [5, 5.41) is 8.82. The zero-order chi connectivity index (χ0) is 8.43. The first kappa shape index (κ1) is 7.26. The van der Waals surface area contributed by atoms with E-state index in [4.69, 9.17) is 10.8 Å². The standard InChI is InChI=1S/C5H5N3O3/c6-4(10)3-5(11)7-1-2(9)8-3/h1H,(H2,6,10)(H,7,11)(H,8,9). The number of primary amides is 1. The van der Waals surface area contributed by atoms with Gasteiger partial charge in [-0.3, -0.25) is 9.59 Å². The van der Waals surface area contributed by atoms with E-state index in [9.17, 15) is 9.59 Å². The Morgan fingerprint density at radius 2 is 2.36 bits per heavy atom. The Kier molecular flexibility index (Phi) is 1.59. The molecule has 4 N–H and O–H groups in total. The number of amides is 1. The van der Waals surface area contributed by atoms with Crippen LogP contribution in [-0.4, -0.2) is 21.0 Å². The lowest BCUT2D eigenvalue weighted by molar-refractivity contribution is 0.0991. The van der Waals surface area contributed by atoms with Gasteiger partial charge in [-0.1, -0.05) is 0 Å². The average Bonchev–Trinajstić information content (AvgIpc) is 1.94. The average molecular weight is 155 g/mol. The third-order valence-corrected chi connectivity index (χ3v) is 1.02. The van der Waals surface area contributed by atoms with E-state index in [1.807, 2.05) is 4.98 Å². The maximum atomic E-state index is 10.5. The fraction of sp³-hybridized carbons (Fsp3) is 0. The SMILES string of the molecule is NC(=O)c1[nH]c(=O)cnc1O. The van der Waals surface area contributed by atoms with Crippen molar-refractivity contribution in [1.29, 1.82) is 0 Å². The van der Waals surface area contributed by atoms with Crippen molar-refractivity contribution in [2.24, 2.45) is 5.73 Å². The predicted octanol–water partition coefficient (Wildman–Crippen LogP) is -1.43. The second kappa shape index (κ2) is 2.41. The van der Waals surface area contributed by atoms with Crippen LogP contribution in [0, 0.1) is 0 Å². The molecule has 0 radical (unpaired) electrons. The van der Waals surface area contributed by atoms with Crippen molar-refractivity contribution >= 4 is 5.91 Å². The smallest absolute Gasteiger partial charge is 0.270 e. The molecule has 0 aliphatic rings. The number of aromatic amines is 1. The maximum Gasteiger partial charge on any atom is 0.270 e. The molecule has 1 aromatic heterocycles. The Balaban J connectivity index is 3.35. The Bertz CT molecular complexity index is 343. The fourth-order valence-electron chi connectivity index (χ4n) is 0.567. The number of hydrogen-bond acceptors (Lipinski definition) is 4. The summed E-state index contributed by atoms with van der Waals surface area (Å²) in [5.41, 5.74) is 3.81. The quantitative estimate of drug-likeness (QED) is 0.462. The fourth-order valence-corrected chi connectivity index (χ4v) is 0.567. The van der Waals surface area contributed by atoms with Crippen LogP contribution in [0.3, 0.4) is 0 Å². The van der Waals surface area contributed by atoms with Crippen LogP contribution >= 0.6 is 0 Å². The number of H-pyrrole nitrogens is 1. The molecule has 1 rings (SSSR count). The highest BCUT2D eigenvalue weighted by molar-refractivity contribution is 5.92. The van der Waals surface area contributed by atoms with E-state index in [1.54, 1.807) is 0 Å². The minimum absolute atomic E-state index is 0.377. The summed E-state index contributed by atoms with van der Waals surface area (Å²) in [7, 11) is 0. The topological polar surface area (TPSA) is 109 Å². The van der Waals surface area contributed by atoms with E-state index in [-0.39, 0.29) is 5.69 Å². The summed E-state index contributed by atoms with van der Waals surface area (Å²) >= 11 is 0. The number of aromatic hydroxyl groups is 1. The number of carbonyl (C=O) groups excluding carboxylic acids is 1. The normalized spacial score (nSPS) is 9.45. The lowest BCUT2D eigenvalue weighted by atomic mass is 10.4. The summed E-state index contributed by atoms with van der Waals surface area (Å²) in [6, 6.07) is 0. The van der Waals surface area contributed by atoms with Gasteiger partial charge in [0.05, 0.1) is 6.20 Å². The largest absolute Gasteiger partial charge is 0.492 e. The van der Waals surface area contributed by atoms with Gasteiger partial charge in [-0.25, -0.2) is 4.98 Å². The molecule has 1 aromatic rings. The molecular weight excluding hydrogens is 150 g/mol. The molecule has 0 spiro atoms. The zero-order valence-corrected chi connectivity index (χ0v) is 5.37. The summed E-state index contributed by atoms with van der Waals surface area (Å²) in [6.45, 7) is 0. The van der Waals surface area contributed by atoms with Gasteiger partial charge in [0, 0.05) is 0 Å². The molecule has 0 unspecified atom stereocenters. The van der Waals surface area contributed by atoms with Gasteiger partial charge < -0.3 is 15.8 Å². The van der Waals surface area contributed by atoms with Gasteiger partial charge in [0.15, 0.2) is 5.69 Å². The molecule has 6 nitrogen and oxygen atoms in total. The van der Waals surface area contributed by atoms with Crippen LogP contribution in [-0.2, 0) is 0 Å². The van der Waals surface area contributed by atoms with Crippen LogP contribution in [0.5, 0.6) is 5.88 Å². The molecule has 0 bridgehead atoms. The van der Waals surface area contributed by atoms with E-state index in [0.29, 0.717) is 0 Å². The Morgan fingerprint density at radius 3 is 2.82 bits per heavy atom. The van der Waals surface area contributed by atoms with E-state index < -0.39 is 17.3 Å². The number of nitrogens with zero attached hydrogens (tertiary/aromatic N) is 1. The zero-order valence-electron chi connectivity index (χ0n) is 5.37. The summed E-state index contributed by atoms with van der Waals surface area (Å²) in [5.74, 6) is -1.50. The molecule has 11 heavy (non-hydrogen) atoms. The first-order chi connectivity index (χ1) is 5.11. The van der Waals surface area contributed by atoms with Crippen molar-refractivity contribution in [3.8, 4) is 5.88 Å². The number of carbonyl (C=O) groups is 1. The minimum atomic E-state index is -0.923. The van der Waals surface area contributed by atoms with Gasteiger partial charge in [-0.05, 0) is 0 Å². The lowest BCUT2D eigenvalue weighted by Gasteiger charge is -1.95. The summed E-state index contributed by atoms with van der Waals surface area (Å²) < 4.78 is 0. The van der Waals surface area contributed by atoms with Crippen molar-refractivity contribution < 1.29 is 9.90 Å². The molecule has 58 valence electrons. The Labute approximate surface area is 60.7 Å². The number of nitrogens with two attached hydrogens (primary N) is 1. The van der Waals surface area contributed by atoms with Gasteiger partial charge in [0.25, 0.3) is 11.5 Å². The molecule has 0 atom stereocenters. The van der Waals surface area contributed by atoms with Crippen LogP contribution in [0.15, 0.2) is 11.0 Å². The highest BCUT2D eigenvalue weighted by atomic mass is 16.3. The van der Waals surface area contributed by atoms with Crippen molar-refractivity contribution in [2.45, 2.75) is 0 Å². The molecule has 0 aliphatic carbocycles. The van der Waals surface area contributed by atoms with Gasteiger partial charge in [-0.2, -0.15) is 0 Å². The van der Waals surface area contributed by atoms with Crippen molar-refractivity contribution in [3.05, 3.63) is 22.2 Å². The molecule has 0 aliphatic heterocycles. The predicted molar refractivity (Wildman–Crippen MR) is 35.0 cm³/mol. The molecule has 0 saturated carbocycles. The monoisotopic (exact) mass is 155 g/mol. The summed E-state index contributed by atoms with van der Waals surface area (Å²) in [4.78, 5) is 26.2. The van der Waals surface area contributed by atoms with Gasteiger partial charge in [0.1, 0.15) is 0 Å². The highest BCUT2D eigenvalue weighted by Crippen LogP contribution is 2.04. The van der Waals surface area contributed by atoms with Crippen molar-refractivity contribution in [2.75, 3.05) is 0 Å². The molecule has 0 fully saturated rings. The third kappa shape index (κ3) is 1.34. The van der Waals surface area contributed by atoms with Gasteiger partial charge >= 0.3 is 0 Å². The molecule has 6 heteroatoms. The second-order valence-electron chi connectivity index (χ2n) is 1.81. The first-order valence-electron chi connectivity index (χ1n) is 2.69. The van der Waals surface area contributed by atoms with Gasteiger partial charge in [0.2, 0.25) is 5.88 Å². The van der Waals surface area contributed by atoms with E-state index in [0.717, 1.165) is 6.20 Å². The van der Waals surface area contributed by atoms with Crippen LogP contribution in [0.25, 0.3) is 0 Å². The molecule has 1 amide bonds. The van der Waals surface area contributed by atoms with Crippen LogP contribution in [0.4, 0.5) is 0 Å². The van der Waals surface area contributed by atoms with Crippen LogP contribution in [0.1, 0.15) is 10.5 Å². The summed E-state index contributed by atoms with van der Waals surface area (Å²) in [6.07, 6.45) is 0.849. The van der Waals surface area contributed by atoms with E-state index in [1.165, 1.54) is 0 Å². The number of nitrogens with one attached hydrogen (secondary N) is 1. The first-order valence-corrected chi connectivity index (χ1v) is 2.69. The number of rotatable bonds is 1. The maximum absolute atomic E-state index is 10.5. The van der Waals surface area contributed by atoms with E-state index >= 15 is 0 Å². The molecule has 0 saturated heterocycles. The number of hydrogen-bond donors (Lipinski definition) is 3. The van der Waals surface area contributed by atoms with E-state index in [2.05, 4.69) is 4.98 Å². The minimum Gasteiger partial charge on any atom is -0.492 e. The van der Waals surface area contributed by atoms with Crippen LogP contribution in [0.2, 0.25) is 0 Å². The molecular formula is C5H5N3O3. The van der Waals surface area contributed by atoms with Crippen molar-refractivity contribution in [3.63, 3.8) is 0 Å². The Hall–Kier alpha value is -1.85. The molecule has 0 aromatic carbocycles. The Morgan fingerprint density at radius 1 is 1.73 bits per heavy atom. The van der Waals surface area contributed by atoms with Crippen molar-refractivity contribution in [1.82, 2.24) is 9.97 Å². The van der Waals surface area contributed by atoms with Gasteiger partial charge in [-0.15, -0.1) is 0 Å². The second-order valence-corrected chi connectivity index (χ2v) is 1.81. The lowest BCUT2D eigenvalue weighted by Crippen LogP contribution is -2.19. The number of aromatic nitrogens is 2. The molecule has 1 heterocycles. The third-order valence-electron chi connectivity index (χ3n) is 1.02. The highest BCUT2D eigenvalue weighted by Gasteiger charge is 2.08.